The number of carboxylic acid groups (broad SMARTS) is 1. The Morgan fingerprint density at radius 3 is 2.41 bits per heavy atom. The van der Waals surface area contributed by atoms with E-state index in [0.29, 0.717) is 44.6 Å². The second kappa shape index (κ2) is 6.86. The topological polar surface area (TPSA) is 59.4 Å². The monoisotopic (exact) mass is 359 g/mol. The summed E-state index contributed by atoms with van der Waals surface area (Å²) >= 11 is 13.5. The molecule has 1 aromatic heterocycles. The normalized spacial score (nSPS) is 11.0. The van der Waals surface area contributed by atoms with E-state index in [0.717, 1.165) is 11.3 Å². The zero-order chi connectivity index (χ0) is 16.4. The number of ether oxygens (including phenoxy) is 1. The minimum absolute atomic E-state index is 0.211. The summed E-state index contributed by atoms with van der Waals surface area (Å²) in [6.45, 7) is 6.23. The lowest BCUT2D eigenvalue weighted by Crippen LogP contribution is -2.05. The molecule has 4 nitrogen and oxygen atoms in total. The molecule has 1 heterocycles. The molecule has 0 aliphatic heterocycles. The van der Waals surface area contributed by atoms with Gasteiger partial charge in [-0.25, -0.2) is 9.78 Å². The third kappa shape index (κ3) is 3.72. The first-order valence-corrected chi connectivity index (χ1v) is 8.19. The zero-order valence-electron chi connectivity index (χ0n) is 12.3. The van der Waals surface area contributed by atoms with Crippen LogP contribution in [-0.4, -0.2) is 22.7 Å². The highest BCUT2D eigenvalue weighted by atomic mass is 35.5. The van der Waals surface area contributed by atoms with Crippen molar-refractivity contribution >= 4 is 40.5 Å². The molecule has 1 aromatic carbocycles. The number of aromatic carboxylic acids is 1. The standard InChI is InChI=1S/C15H15Cl2NO3S/c1-7(2)6-21-12-10(16)4-9(5-11(12)17)14-18-8(3)13(22-14)15(19)20/h4-5,7H,6H2,1-3H3,(H,19,20). The molecule has 0 fully saturated rings. The quantitative estimate of drug-likeness (QED) is 0.800. The summed E-state index contributed by atoms with van der Waals surface area (Å²) in [6.07, 6.45) is 0. The van der Waals surface area contributed by atoms with Gasteiger partial charge in [0.15, 0.2) is 5.75 Å². The number of carbonyl (C=O) groups is 1. The predicted molar refractivity (Wildman–Crippen MR) is 89.6 cm³/mol. The molecule has 1 N–H and O–H groups in total. The number of thiazole rings is 1. The van der Waals surface area contributed by atoms with Crippen LogP contribution in [0.15, 0.2) is 12.1 Å². The number of benzene rings is 1. The van der Waals surface area contributed by atoms with Crippen molar-refractivity contribution in [3.8, 4) is 16.3 Å². The Balaban J connectivity index is 2.38. The molecular formula is C15H15Cl2NO3S. The Kier molecular flexibility index (Phi) is 5.32. The van der Waals surface area contributed by atoms with Gasteiger partial charge in [0.25, 0.3) is 0 Å². The number of hydrogen-bond donors (Lipinski definition) is 1. The number of aromatic nitrogens is 1. The number of rotatable bonds is 5. The number of aryl methyl sites for hydroxylation is 1. The van der Waals surface area contributed by atoms with Crippen LogP contribution in [0.3, 0.4) is 0 Å². The van der Waals surface area contributed by atoms with E-state index in [1.807, 2.05) is 13.8 Å². The van der Waals surface area contributed by atoms with Crippen molar-refractivity contribution in [2.45, 2.75) is 20.8 Å². The van der Waals surface area contributed by atoms with Crippen molar-refractivity contribution in [3.05, 3.63) is 32.7 Å². The molecule has 0 unspecified atom stereocenters. The third-order valence-corrected chi connectivity index (χ3v) is 4.55. The van der Waals surface area contributed by atoms with E-state index in [1.165, 1.54) is 0 Å². The van der Waals surface area contributed by atoms with Crippen LogP contribution in [0.2, 0.25) is 10.0 Å². The van der Waals surface area contributed by atoms with Crippen LogP contribution in [0.1, 0.15) is 29.2 Å². The fourth-order valence-electron chi connectivity index (χ4n) is 1.79. The highest BCUT2D eigenvalue weighted by molar-refractivity contribution is 7.17. The lowest BCUT2D eigenvalue weighted by molar-refractivity contribution is 0.0701. The van der Waals surface area contributed by atoms with Crippen molar-refractivity contribution in [1.82, 2.24) is 4.98 Å². The summed E-state index contributed by atoms with van der Waals surface area (Å²) in [5, 5.41) is 10.4. The van der Waals surface area contributed by atoms with Crippen molar-refractivity contribution in [1.29, 1.82) is 0 Å². The Morgan fingerprint density at radius 1 is 1.36 bits per heavy atom. The molecule has 0 radical (unpaired) electrons. The van der Waals surface area contributed by atoms with Gasteiger partial charge in [0.1, 0.15) is 9.88 Å². The maximum atomic E-state index is 11.1. The van der Waals surface area contributed by atoms with Crippen LogP contribution in [0, 0.1) is 12.8 Å². The van der Waals surface area contributed by atoms with E-state index in [2.05, 4.69) is 4.98 Å². The van der Waals surface area contributed by atoms with E-state index < -0.39 is 5.97 Å². The lowest BCUT2D eigenvalue weighted by Gasteiger charge is -2.12. The first-order valence-electron chi connectivity index (χ1n) is 6.62. The van der Waals surface area contributed by atoms with Crippen LogP contribution < -0.4 is 4.74 Å². The molecule has 0 atom stereocenters. The fourth-order valence-corrected chi connectivity index (χ4v) is 3.28. The Bertz CT molecular complexity index is 690. The number of carboxylic acids is 1. The van der Waals surface area contributed by atoms with Crippen LogP contribution >= 0.6 is 34.5 Å². The summed E-state index contributed by atoms with van der Waals surface area (Å²) in [4.78, 5) is 15.6. The van der Waals surface area contributed by atoms with E-state index in [-0.39, 0.29) is 4.88 Å². The van der Waals surface area contributed by atoms with Gasteiger partial charge >= 0.3 is 5.97 Å². The predicted octanol–water partition coefficient (Wildman–Crippen LogP) is 5.16. The van der Waals surface area contributed by atoms with Gasteiger partial charge in [0.2, 0.25) is 0 Å². The number of hydrogen-bond acceptors (Lipinski definition) is 4. The van der Waals surface area contributed by atoms with Crippen molar-refractivity contribution in [2.75, 3.05) is 6.61 Å². The smallest absolute Gasteiger partial charge is 0.347 e. The minimum atomic E-state index is -0.990. The first-order chi connectivity index (χ1) is 10.3. The summed E-state index contributed by atoms with van der Waals surface area (Å²) in [5.41, 5.74) is 1.15. The van der Waals surface area contributed by atoms with Gasteiger partial charge < -0.3 is 9.84 Å². The molecule has 2 rings (SSSR count). The minimum Gasteiger partial charge on any atom is -0.490 e. The summed E-state index contributed by atoms with van der Waals surface area (Å²) < 4.78 is 5.61. The van der Waals surface area contributed by atoms with Crippen molar-refractivity contribution in [3.63, 3.8) is 0 Å². The SMILES string of the molecule is Cc1nc(-c2cc(Cl)c(OCC(C)C)c(Cl)c2)sc1C(=O)O. The van der Waals surface area contributed by atoms with E-state index in [9.17, 15) is 4.79 Å². The molecule has 0 saturated heterocycles. The van der Waals surface area contributed by atoms with Crippen LogP contribution in [0.4, 0.5) is 0 Å². The van der Waals surface area contributed by atoms with Crippen LogP contribution in [-0.2, 0) is 0 Å². The van der Waals surface area contributed by atoms with Gasteiger partial charge in [0.05, 0.1) is 22.3 Å². The molecule has 0 saturated carbocycles. The van der Waals surface area contributed by atoms with Crippen molar-refractivity contribution in [2.24, 2.45) is 5.92 Å². The second-order valence-electron chi connectivity index (χ2n) is 5.21. The maximum absolute atomic E-state index is 11.1. The largest absolute Gasteiger partial charge is 0.490 e. The number of nitrogens with zero attached hydrogens (tertiary/aromatic N) is 1. The lowest BCUT2D eigenvalue weighted by atomic mass is 10.2. The molecular weight excluding hydrogens is 345 g/mol. The van der Waals surface area contributed by atoms with Crippen LogP contribution in [0.5, 0.6) is 5.75 Å². The van der Waals surface area contributed by atoms with Gasteiger partial charge in [-0.15, -0.1) is 11.3 Å². The van der Waals surface area contributed by atoms with Crippen LogP contribution in [0.25, 0.3) is 10.6 Å². The van der Waals surface area contributed by atoms with Gasteiger partial charge in [-0.3, -0.25) is 0 Å². The molecule has 0 spiro atoms. The summed E-state index contributed by atoms with van der Waals surface area (Å²) in [5.74, 6) is -0.200. The Hall–Kier alpha value is -1.30. The molecule has 0 bridgehead atoms. The number of halogens is 2. The summed E-state index contributed by atoms with van der Waals surface area (Å²) in [7, 11) is 0. The van der Waals surface area contributed by atoms with Gasteiger partial charge in [-0.2, -0.15) is 0 Å². The average Bonchev–Trinajstić information content (AvgIpc) is 2.79. The van der Waals surface area contributed by atoms with Crippen molar-refractivity contribution < 1.29 is 14.6 Å². The molecule has 0 aliphatic carbocycles. The first kappa shape index (κ1) is 17.1. The maximum Gasteiger partial charge on any atom is 0.347 e. The van der Waals surface area contributed by atoms with E-state index in [4.69, 9.17) is 33.0 Å². The zero-order valence-corrected chi connectivity index (χ0v) is 14.6. The molecule has 118 valence electrons. The molecule has 22 heavy (non-hydrogen) atoms. The van der Waals surface area contributed by atoms with E-state index >= 15 is 0 Å². The molecule has 7 heteroatoms. The fraction of sp³-hybridized carbons (Fsp3) is 0.333. The van der Waals surface area contributed by atoms with E-state index in [1.54, 1.807) is 19.1 Å². The Labute approximate surface area is 142 Å². The molecule has 0 aliphatic rings. The van der Waals surface area contributed by atoms with Gasteiger partial charge in [0, 0.05) is 5.56 Å². The second-order valence-corrected chi connectivity index (χ2v) is 7.03. The van der Waals surface area contributed by atoms with Gasteiger partial charge in [-0.1, -0.05) is 37.0 Å². The molecule has 0 amide bonds. The molecule has 2 aromatic rings. The third-order valence-electron chi connectivity index (χ3n) is 2.80. The highest BCUT2D eigenvalue weighted by Crippen LogP contribution is 2.39. The average molecular weight is 360 g/mol. The Morgan fingerprint density at radius 2 is 1.95 bits per heavy atom. The van der Waals surface area contributed by atoms with Gasteiger partial charge in [-0.05, 0) is 25.0 Å². The highest BCUT2D eigenvalue weighted by Gasteiger charge is 2.18. The summed E-state index contributed by atoms with van der Waals surface area (Å²) in [6, 6.07) is 3.37.